The van der Waals surface area contributed by atoms with Crippen molar-refractivity contribution in [2.75, 3.05) is 20.4 Å². The summed E-state index contributed by atoms with van der Waals surface area (Å²) in [7, 11) is -0.826. The van der Waals surface area contributed by atoms with Gasteiger partial charge < -0.3 is 14.6 Å². The van der Waals surface area contributed by atoms with Crippen LogP contribution in [-0.2, 0) is 4.57 Å². The Kier molecular flexibility index (Phi) is 3.53. The minimum absolute atomic E-state index is 0.399. The van der Waals surface area contributed by atoms with Crippen molar-refractivity contribution >= 4 is 18.5 Å². The summed E-state index contributed by atoms with van der Waals surface area (Å²) in [5.41, 5.74) is 0. The Hall–Kier alpha value is -1.28. The molecule has 1 aromatic carbocycles. The van der Waals surface area contributed by atoms with Crippen LogP contribution in [0.4, 0.5) is 4.79 Å². The Morgan fingerprint density at radius 2 is 2.07 bits per heavy atom. The van der Waals surface area contributed by atoms with Crippen molar-refractivity contribution in [1.29, 1.82) is 0 Å². The zero-order chi connectivity index (χ0) is 11.5. The molecule has 0 saturated heterocycles. The summed E-state index contributed by atoms with van der Waals surface area (Å²) in [6.45, 7) is 3.35. The molecule has 1 amide bonds. The molecule has 0 bridgehead atoms. The van der Waals surface area contributed by atoms with Gasteiger partial charge in [-0.1, -0.05) is 12.1 Å². The third kappa shape index (κ3) is 3.40. The summed E-state index contributed by atoms with van der Waals surface area (Å²) in [5.74, 6) is 0.399. The highest BCUT2D eigenvalue weighted by atomic mass is 31.2. The van der Waals surface area contributed by atoms with E-state index in [1.54, 1.807) is 37.6 Å². The maximum atomic E-state index is 11.8. The van der Waals surface area contributed by atoms with E-state index >= 15 is 0 Å². The Labute approximate surface area is 89.0 Å². The molecule has 0 atom stereocenters. The quantitative estimate of drug-likeness (QED) is 0.781. The van der Waals surface area contributed by atoms with Crippen molar-refractivity contribution < 1.29 is 14.1 Å². The molecule has 1 aromatic rings. The first kappa shape index (κ1) is 11.8. The van der Waals surface area contributed by atoms with Gasteiger partial charge in [-0.15, -0.1) is 0 Å². The highest BCUT2D eigenvalue weighted by Crippen LogP contribution is 2.35. The van der Waals surface area contributed by atoms with Gasteiger partial charge in [0.1, 0.15) is 12.9 Å². The number of nitrogens with one attached hydrogen (secondary N) is 1. The zero-order valence-electron chi connectivity index (χ0n) is 8.98. The standard InChI is InChI=1S/C10H14NO3P/c1-11-10(12)14-8-5-4-6-9(7-8)15(2,3)13/h4-7H,1-3H3,(H,11,12). The van der Waals surface area contributed by atoms with Gasteiger partial charge in [-0.3, -0.25) is 0 Å². The maximum Gasteiger partial charge on any atom is 0.412 e. The summed E-state index contributed by atoms with van der Waals surface area (Å²) < 4.78 is 16.7. The second-order valence-electron chi connectivity index (χ2n) is 3.49. The SMILES string of the molecule is CNC(=O)Oc1cccc(P(C)(C)=O)c1. The molecule has 4 nitrogen and oxygen atoms in total. The van der Waals surface area contributed by atoms with E-state index in [9.17, 15) is 9.36 Å². The van der Waals surface area contributed by atoms with Crippen LogP contribution in [0.2, 0.25) is 0 Å². The highest BCUT2D eigenvalue weighted by Gasteiger charge is 2.12. The van der Waals surface area contributed by atoms with Gasteiger partial charge in [0.05, 0.1) is 0 Å². The van der Waals surface area contributed by atoms with Gasteiger partial charge in [-0.05, 0) is 25.5 Å². The summed E-state index contributed by atoms with van der Waals surface area (Å²) in [4.78, 5) is 10.9. The summed E-state index contributed by atoms with van der Waals surface area (Å²) in [6, 6.07) is 6.75. The van der Waals surface area contributed by atoms with Crippen molar-refractivity contribution in [2.24, 2.45) is 0 Å². The molecule has 15 heavy (non-hydrogen) atoms. The molecule has 0 unspecified atom stereocenters. The van der Waals surface area contributed by atoms with Crippen molar-refractivity contribution in [3.8, 4) is 5.75 Å². The van der Waals surface area contributed by atoms with E-state index in [0.29, 0.717) is 11.1 Å². The molecule has 0 spiro atoms. The predicted octanol–water partition coefficient (Wildman–Crippen LogP) is 1.65. The molecule has 0 aliphatic heterocycles. The number of benzene rings is 1. The average molecular weight is 227 g/mol. The van der Waals surface area contributed by atoms with E-state index < -0.39 is 13.2 Å². The number of rotatable bonds is 2. The summed E-state index contributed by atoms with van der Waals surface area (Å²) in [6.07, 6.45) is -0.533. The Balaban J connectivity index is 2.93. The molecule has 0 heterocycles. The molecular formula is C10H14NO3P. The molecule has 0 saturated carbocycles. The topological polar surface area (TPSA) is 55.4 Å². The van der Waals surface area contributed by atoms with Crippen LogP contribution in [-0.4, -0.2) is 26.5 Å². The molecule has 5 heteroatoms. The summed E-state index contributed by atoms with van der Waals surface area (Å²) >= 11 is 0. The van der Waals surface area contributed by atoms with E-state index in [4.69, 9.17) is 4.74 Å². The van der Waals surface area contributed by atoms with Gasteiger partial charge >= 0.3 is 6.09 Å². The van der Waals surface area contributed by atoms with Gasteiger partial charge in [0.15, 0.2) is 0 Å². The van der Waals surface area contributed by atoms with Crippen LogP contribution >= 0.6 is 7.14 Å². The molecular weight excluding hydrogens is 213 g/mol. The molecule has 0 aliphatic rings. The third-order valence-electron chi connectivity index (χ3n) is 1.85. The van der Waals surface area contributed by atoms with Gasteiger partial charge in [-0.25, -0.2) is 4.79 Å². The Morgan fingerprint density at radius 1 is 1.40 bits per heavy atom. The minimum Gasteiger partial charge on any atom is -0.410 e. The molecule has 0 fully saturated rings. The van der Waals surface area contributed by atoms with Crippen LogP contribution in [0.5, 0.6) is 5.75 Å². The lowest BCUT2D eigenvalue weighted by Gasteiger charge is -2.09. The van der Waals surface area contributed by atoms with Crippen LogP contribution in [0.15, 0.2) is 24.3 Å². The highest BCUT2D eigenvalue weighted by molar-refractivity contribution is 7.70. The van der Waals surface area contributed by atoms with Crippen LogP contribution in [0.1, 0.15) is 0 Å². The molecule has 0 radical (unpaired) electrons. The third-order valence-corrected chi connectivity index (χ3v) is 3.38. The largest absolute Gasteiger partial charge is 0.412 e. The van der Waals surface area contributed by atoms with E-state index in [0.717, 1.165) is 0 Å². The maximum absolute atomic E-state index is 11.8. The fourth-order valence-corrected chi connectivity index (χ4v) is 1.92. The van der Waals surface area contributed by atoms with Crippen molar-refractivity contribution in [3.63, 3.8) is 0 Å². The molecule has 0 aromatic heterocycles. The van der Waals surface area contributed by atoms with E-state index in [1.165, 1.54) is 7.05 Å². The Bertz CT molecular complexity index is 411. The lowest BCUT2D eigenvalue weighted by Crippen LogP contribution is -2.22. The number of hydrogen-bond donors (Lipinski definition) is 1. The zero-order valence-corrected chi connectivity index (χ0v) is 9.88. The van der Waals surface area contributed by atoms with Crippen molar-refractivity contribution in [1.82, 2.24) is 5.32 Å². The van der Waals surface area contributed by atoms with Gasteiger partial charge in [0.25, 0.3) is 0 Å². The Morgan fingerprint density at radius 3 is 2.60 bits per heavy atom. The molecule has 82 valence electrons. The van der Waals surface area contributed by atoms with Crippen molar-refractivity contribution in [3.05, 3.63) is 24.3 Å². The van der Waals surface area contributed by atoms with Gasteiger partial charge in [0.2, 0.25) is 0 Å². The molecule has 0 aliphatic carbocycles. The summed E-state index contributed by atoms with van der Waals surface area (Å²) in [5, 5.41) is 3.04. The van der Waals surface area contributed by atoms with Crippen LogP contribution in [0.3, 0.4) is 0 Å². The van der Waals surface area contributed by atoms with Crippen LogP contribution in [0.25, 0.3) is 0 Å². The first-order valence-corrected chi connectivity index (χ1v) is 7.09. The monoisotopic (exact) mass is 227 g/mol. The smallest absolute Gasteiger partial charge is 0.410 e. The number of carbonyl (C=O) groups excluding carboxylic acids is 1. The second kappa shape index (κ2) is 4.49. The lowest BCUT2D eigenvalue weighted by molar-refractivity contribution is 0.203. The van der Waals surface area contributed by atoms with Crippen molar-refractivity contribution in [2.45, 2.75) is 0 Å². The predicted molar refractivity (Wildman–Crippen MR) is 60.6 cm³/mol. The number of hydrogen-bond acceptors (Lipinski definition) is 3. The normalized spacial score (nSPS) is 10.9. The van der Waals surface area contributed by atoms with Gasteiger partial charge in [-0.2, -0.15) is 0 Å². The first-order chi connectivity index (χ1) is 6.93. The van der Waals surface area contributed by atoms with E-state index in [-0.39, 0.29) is 0 Å². The number of ether oxygens (including phenoxy) is 1. The fourth-order valence-electron chi connectivity index (χ4n) is 1.04. The first-order valence-electron chi connectivity index (χ1n) is 4.48. The van der Waals surface area contributed by atoms with Crippen LogP contribution < -0.4 is 15.4 Å². The van der Waals surface area contributed by atoms with E-state index in [1.807, 2.05) is 0 Å². The average Bonchev–Trinajstić information content (AvgIpc) is 2.17. The number of carbonyl (C=O) groups is 1. The fraction of sp³-hybridized carbons (Fsp3) is 0.300. The van der Waals surface area contributed by atoms with E-state index in [2.05, 4.69) is 5.32 Å². The molecule has 1 rings (SSSR count). The second-order valence-corrected chi connectivity index (χ2v) is 6.71. The van der Waals surface area contributed by atoms with Gasteiger partial charge in [0, 0.05) is 12.4 Å². The van der Waals surface area contributed by atoms with Crippen LogP contribution in [0, 0.1) is 0 Å². The minimum atomic E-state index is -2.31. The molecule has 1 N–H and O–H groups in total. The number of amides is 1. The lowest BCUT2D eigenvalue weighted by atomic mass is 10.3.